The first-order valence-electron chi connectivity index (χ1n) is 7.24. The molecule has 0 spiro atoms. The highest BCUT2D eigenvalue weighted by Crippen LogP contribution is 2.26. The van der Waals surface area contributed by atoms with E-state index in [4.69, 9.17) is 11.0 Å². The minimum atomic E-state index is 0.427. The van der Waals surface area contributed by atoms with Gasteiger partial charge in [0.15, 0.2) is 5.13 Å². The Bertz CT molecular complexity index is 703. The van der Waals surface area contributed by atoms with Gasteiger partial charge in [-0.05, 0) is 37.0 Å². The number of thiazole rings is 1. The van der Waals surface area contributed by atoms with E-state index in [2.05, 4.69) is 54.5 Å². The molecule has 0 radical (unpaired) electrons. The van der Waals surface area contributed by atoms with E-state index in [1.807, 2.05) is 5.38 Å². The van der Waals surface area contributed by atoms with Gasteiger partial charge in [0.25, 0.3) is 0 Å². The molecule has 0 aliphatic carbocycles. The Morgan fingerprint density at radius 2 is 2.09 bits per heavy atom. The molecule has 0 saturated carbocycles. The highest BCUT2D eigenvalue weighted by molar-refractivity contribution is 7.13. The summed E-state index contributed by atoms with van der Waals surface area (Å²) in [5, 5.41) is 15.0. The minimum Gasteiger partial charge on any atom is -0.401 e. The Morgan fingerprint density at radius 1 is 1.41 bits per heavy atom. The lowest BCUT2D eigenvalue weighted by atomic mass is 9.99. The number of hydrogen-bond acceptors (Lipinski definition) is 5. The molecule has 1 unspecified atom stereocenters. The maximum absolute atomic E-state index is 9.11. The smallest absolute Gasteiger partial charge is 0.187 e. The number of benzene rings is 1. The lowest BCUT2D eigenvalue weighted by Gasteiger charge is -2.10. The van der Waals surface area contributed by atoms with E-state index in [-0.39, 0.29) is 0 Å². The van der Waals surface area contributed by atoms with Crippen LogP contribution in [-0.4, -0.2) is 4.98 Å². The molecule has 0 saturated heterocycles. The Balaban J connectivity index is 2.14. The fourth-order valence-corrected chi connectivity index (χ4v) is 2.77. The molecule has 0 aliphatic rings. The molecular formula is C17H20N4S. The molecule has 22 heavy (non-hydrogen) atoms. The van der Waals surface area contributed by atoms with Gasteiger partial charge in [0.2, 0.25) is 0 Å². The fraction of sp³-hybridized carbons (Fsp3) is 0.294. The second-order valence-electron chi connectivity index (χ2n) is 5.26. The highest BCUT2D eigenvalue weighted by atomic mass is 32.1. The molecule has 5 heteroatoms. The predicted molar refractivity (Wildman–Crippen MR) is 92.9 cm³/mol. The normalized spacial score (nSPS) is 13.2. The zero-order valence-electron chi connectivity index (χ0n) is 13.1. The van der Waals surface area contributed by atoms with Gasteiger partial charge in [-0.25, -0.2) is 4.98 Å². The van der Waals surface area contributed by atoms with E-state index < -0.39 is 0 Å². The topological polar surface area (TPSA) is 74.7 Å². The van der Waals surface area contributed by atoms with Gasteiger partial charge in [0, 0.05) is 16.8 Å². The largest absolute Gasteiger partial charge is 0.401 e. The van der Waals surface area contributed by atoms with Crippen molar-refractivity contribution in [3.8, 4) is 6.07 Å². The molecule has 114 valence electrons. The van der Waals surface area contributed by atoms with Crippen molar-refractivity contribution >= 4 is 27.7 Å². The first kappa shape index (κ1) is 16.1. The number of nitrogens with two attached hydrogens (primary N) is 1. The van der Waals surface area contributed by atoms with Crippen LogP contribution >= 0.6 is 11.3 Å². The average Bonchev–Trinajstić information content (AvgIpc) is 2.95. The lowest BCUT2D eigenvalue weighted by Crippen LogP contribution is -1.97. The Kier molecular flexibility index (Phi) is 5.18. The number of anilines is 2. The number of nitriles is 1. The van der Waals surface area contributed by atoms with Crippen LogP contribution in [0.2, 0.25) is 0 Å². The maximum Gasteiger partial charge on any atom is 0.187 e. The SMILES string of the molecule is CCC(C)c1ccc(Nc2nc(C(C#N)=C(C)N)cs2)cc1. The summed E-state index contributed by atoms with van der Waals surface area (Å²) < 4.78 is 0. The third-order valence-corrected chi connectivity index (χ3v) is 4.37. The van der Waals surface area contributed by atoms with Gasteiger partial charge in [0.1, 0.15) is 6.07 Å². The zero-order valence-corrected chi connectivity index (χ0v) is 13.9. The number of nitrogens with one attached hydrogen (secondary N) is 1. The van der Waals surface area contributed by atoms with Crippen molar-refractivity contribution in [2.24, 2.45) is 5.73 Å². The van der Waals surface area contributed by atoms with Gasteiger partial charge in [0.05, 0.1) is 11.3 Å². The number of allylic oxidation sites excluding steroid dienone is 2. The predicted octanol–water partition coefficient (Wildman–Crippen LogP) is 4.61. The molecule has 4 nitrogen and oxygen atoms in total. The van der Waals surface area contributed by atoms with Gasteiger partial charge < -0.3 is 11.1 Å². The number of nitrogens with zero attached hydrogens (tertiary/aromatic N) is 2. The van der Waals surface area contributed by atoms with Crippen LogP contribution in [0.4, 0.5) is 10.8 Å². The number of rotatable bonds is 5. The summed E-state index contributed by atoms with van der Waals surface area (Å²) in [5.74, 6) is 0.566. The highest BCUT2D eigenvalue weighted by Gasteiger charge is 2.09. The van der Waals surface area contributed by atoms with Crippen molar-refractivity contribution < 1.29 is 0 Å². The summed E-state index contributed by atoms with van der Waals surface area (Å²) in [6.45, 7) is 6.12. The van der Waals surface area contributed by atoms with Crippen molar-refractivity contribution in [2.45, 2.75) is 33.1 Å². The van der Waals surface area contributed by atoms with Crippen LogP contribution in [0.15, 0.2) is 35.3 Å². The third-order valence-electron chi connectivity index (χ3n) is 3.61. The number of aromatic nitrogens is 1. The van der Waals surface area contributed by atoms with E-state index in [1.54, 1.807) is 6.92 Å². The van der Waals surface area contributed by atoms with Crippen LogP contribution in [0.5, 0.6) is 0 Å². The molecule has 0 fully saturated rings. The summed E-state index contributed by atoms with van der Waals surface area (Å²) >= 11 is 1.46. The molecule has 1 heterocycles. The second kappa shape index (κ2) is 7.10. The Labute approximate surface area is 135 Å². The molecular weight excluding hydrogens is 292 g/mol. The monoisotopic (exact) mass is 312 g/mol. The fourth-order valence-electron chi connectivity index (χ4n) is 2.05. The van der Waals surface area contributed by atoms with Gasteiger partial charge in [-0.1, -0.05) is 26.0 Å². The van der Waals surface area contributed by atoms with E-state index in [0.717, 1.165) is 17.2 Å². The minimum absolute atomic E-state index is 0.427. The molecule has 0 amide bonds. The van der Waals surface area contributed by atoms with Crippen LogP contribution in [0.25, 0.3) is 5.57 Å². The lowest BCUT2D eigenvalue weighted by molar-refractivity contribution is 0.734. The first-order valence-corrected chi connectivity index (χ1v) is 8.12. The zero-order chi connectivity index (χ0) is 16.1. The second-order valence-corrected chi connectivity index (χ2v) is 6.12. The summed E-state index contributed by atoms with van der Waals surface area (Å²) in [7, 11) is 0. The number of hydrogen-bond donors (Lipinski definition) is 2. The van der Waals surface area contributed by atoms with Crippen LogP contribution in [-0.2, 0) is 0 Å². The van der Waals surface area contributed by atoms with Gasteiger partial charge in [-0.3, -0.25) is 0 Å². The molecule has 1 aromatic carbocycles. The standard InChI is InChI=1S/C17H20N4S/c1-4-11(2)13-5-7-14(8-6-13)20-17-21-16(10-22-17)15(9-18)12(3)19/h5-8,10-11H,4,19H2,1-3H3,(H,20,21). The third kappa shape index (κ3) is 3.66. The molecule has 1 atom stereocenters. The van der Waals surface area contributed by atoms with Crippen LogP contribution in [0.3, 0.4) is 0 Å². The van der Waals surface area contributed by atoms with Crippen molar-refractivity contribution in [1.29, 1.82) is 5.26 Å². The molecule has 2 aromatic rings. The molecule has 0 bridgehead atoms. The average molecular weight is 312 g/mol. The van der Waals surface area contributed by atoms with Crippen molar-refractivity contribution in [1.82, 2.24) is 4.98 Å². The quantitative estimate of drug-likeness (QED) is 0.790. The van der Waals surface area contributed by atoms with E-state index in [9.17, 15) is 0 Å². The first-order chi connectivity index (χ1) is 10.5. The van der Waals surface area contributed by atoms with E-state index in [1.165, 1.54) is 16.9 Å². The van der Waals surface area contributed by atoms with E-state index in [0.29, 0.717) is 22.9 Å². The molecule has 3 N–H and O–H groups in total. The van der Waals surface area contributed by atoms with E-state index >= 15 is 0 Å². The van der Waals surface area contributed by atoms with Crippen molar-refractivity contribution in [3.05, 3.63) is 46.6 Å². The van der Waals surface area contributed by atoms with Gasteiger partial charge in [-0.2, -0.15) is 5.26 Å². The summed E-state index contributed by atoms with van der Waals surface area (Å²) in [4.78, 5) is 4.42. The summed E-state index contributed by atoms with van der Waals surface area (Å²) in [6.07, 6.45) is 1.13. The Hall–Kier alpha value is -2.32. The summed E-state index contributed by atoms with van der Waals surface area (Å²) in [6, 6.07) is 10.5. The molecule has 1 aromatic heterocycles. The van der Waals surface area contributed by atoms with Crippen LogP contribution in [0, 0.1) is 11.3 Å². The van der Waals surface area contributed by atoms with Crippen molar-refractivity contribution in [3.63, 3.8) is 0 Å². The summed E-state index contributed by atoms with van der Waals surface area (Å²) in [5.41, 5.74) is 9.55. The van der Waals surface area contributed by atoms with Crippen LogP contribution in [0.1, 0.15) is 44.4 Å². The molecule has 2 rings (SSSR count). The Morgan fingerprint density at radius 3 is 2.64 bits per heavy atom. The molecule has 0 aliphatic heterocycles. The van der Waals surface area contributed by atoms with Gasteiger partial charge >= 0.3 is 0 Å². The van der Waals surface area contributed by atoms with Crippen molar-refractivity contribution in [2.75, 3.05) is 5.32 Å². The van der Waals surface area contributed by atoms with Gasteiger partial charge in [-0.15, -0.1) is 11.3 Å². The maximum atomic E-state index is 9.11. The van der Waals surface area contributed by atoms with Crippen LogP contribution < -0.4 is 11.1 Å².